The summed E-state index contributed by atoms with van der Waals surface area (Å²) in [6, 6.07) is 16.2. The number of ether oxygens (including phenoxy) is 1. The first-order valence-electron chi connectivity index (χ1n) is 9.15. The summed E-state index contributed by atoms with van der Waals surface area (Å²) in [7, 11) is 0. The quantitative estimate of drug-likeness (QED) is 0.324. The number of nitrogens with one attached hydrogen (secondary N) is 1. The van der Waals surface area contributed by atoms with Gasteiger partial charge in [-0.25, -0.2) is 0 Å². The molecule has 7 nitrogen and oxygen atoms in total. The van der Waals surface area contributed by atoms with Gasteiger partial charge in [-0.1, -0.05) is 28.9 Å². The minimum absolute atomic E-state index is 0.148. The maximum Gasteiger partial charge on any atom is 0.265 e. The average Bonchev–Trinajstić information content (AvgIpc) is 2.75. The van der Waals surface area contributed by atoms with E-state index in [-0.39, 0.29) is 12.4 Å². The maximum absolute atomic E-state index is 12.0. The van der Waals surface area contributed by atoms with E-state index in [0.717, 1.165) is 11.1 Å². The summed E-state index contributed by atoms with van der Waals surface area (Å²) in [5.41, 5.74) is 9.04. The lowest BCUT2D eigenvalue weighted by Gasteiger charge is -2.08. The number of benzene rings is 2. The van der Waals surface area contributed by atoms with Crippen molar-refractivity contribution < 1.29 is 14.4 Å². The molecule has 0 radical (unpaired) electrons. The lowest BCUT2D eigenvalue weighted by Crippen LogP contribution is -2.19. The Labute approximate surface area is 179 Å². The number of aromatic nitrogens is 1. The fourth-order valence-electron chi connectivity index (χ4n) is 2.49. The van der Waals surface area contributed by atoms with Gasteiger partial charge in [0.05, 0.1) is 10.7 Å². The zero-order chi connectivity index (χ0) is 21.3. The van der Waals surface area contributed by atoms with Crippen LogP contribution in [0.4, 0.5) is 5.69 Å². The molecule has 30 heavy (non-hydrogen) atoms. The molecular formula is C22H21ClN4O3. The number of amides is 1. The predicted octanol–water partition coefficient (Wildman–Crippen LogP) is 3.90. The van der Waals surface area contributed by atoms with Gasteiger partial charge in [0.25, 0.3) is 5.91 Å². The monoisotopic (exact) mass is 424 g/mol. The van der Waals surface area contributed by atoms with Crippen molar-refractivity contribution in [3.63, 3.8) is 0 Å². The number of hydrogen-bond donors (Lipinski definition) is 2. The van der Waals surface area contributed by atoms with Crippen LogP contribution in [0.5, 0.6) is 5.75 Å². The third-order valence-corrected chi connectivity index (χ3v) is 4.35. The highest BCUT2D eigenvalue weighted by Crippen LogP contribution is 2.22. The fraction of sp³-hybridized carbons (Fsp3) is 0.136. The number of oxime groups is 1. The molecule has 0 aliphatic rings. The van der Waals surface area contributed by atoms with Gasteiger partial charge in [-0.3, -0.25) is 9.78 Å². The number of hydrogen-bond acceptors (Lipinski definition) is 5. The van der Waals surface area contributed by atoms with Gasteiger partial charge in [-0.05, 0) is 55.0 Å². The van der Waals surface area contributed by atoms with E-state index in [1.54, 1.807) is 48.8 Å². The van der Waals surface area contributed by atoms with E-state index in [2.05, 4.69) is 15.5 Å². The summed E-state index contributed by atoms with van der Waals surface area (Å²) in [6.45, 7) is 2.04. The third-order valence-electron chi connectivity index (χ3n) is 4.04. The topological polar surface area (TPSA) is 98.8 Å². The number of amidine groups is 1. The van der Waals surface area contributed by atoms with Crippen LogP contribution in [0.2, 0.25) is 5.02 Å². The highest BCUT2D eigenvalue weighted by Gasteiger charge is 2.07. The van der Waals surface area contributed by atoms with Crippen molar-refractivity contribution in [3.05, 3.63) is 88.7 Å². The van der Waals surface area contributed by atoms with E-state index < -0.39 is 5.91 Å². The molecule has 3 aromatic rings. The van der Waals surface area contributed by atoms with Gasteiger partial charge in [-0.2, -0.15) is 0 Å². The summed E-state index contributed by atoms with van der Waals surface area (Å²) in [4.78, 5) is 21.1. The van der Waals surface area contributed by atoms with Gasteiger partial charge in [0.2, 0.25) is 0 Å². The largest absolute Gasteiger partial charge is 0.489 e. The first kappa shape index (κ1) is 21.1. The van der Waals surface area contributed by atoms with Crippen LogP contribution in [-0.4, -0.2) is 23.3 Å². The van der Waals surface area contributed by atoms with E-state index in [1.165, 1.54) is 0 Å². The molecular weight excluding hydrogens is 404 g/mol. The van der Waals surface area contributed by atoms with Crippen molar-refractivity contribution in [1.29, 1.82) is 0 Å². The van der Waals surface area contributed by atoms with E-state index in [0.29, 0.717) is 28.6 Å². The molecule has 0 saturated heterocycles. The zero-order valence-corrected chi connectivity index (χ0v) is 17.1. The van der Waals surface area contributed by atoms with Gasteiger partial charge in [0.1, 0.15) is 12.4 Å². The molecule has 3 rings (SSSR count). The molecule has 0 fully saturated rings. The lowest BCUT2D eigenvalue weighted by atomic mass is 10.2. The Morgan fingerprint density at radius 2 is 2.00 bits per heavy atom. The molecule has 2 aromatic carbocycles. The molecule has 1 heterocycles. The van der Waals surface area contributed by atoms with Crippen molar-refractivity contribution in [2.75, 3.05) is 11.9 Å². The van der Waals surface area contributed by atoms with Crippen molar-refractivity contribution >= 4 is 29.0 Å². The minimum Gasteiger partial charge on any atom is -0.489 e. The van der Waals surface area contributed by atoms with E-state index >= 15 is 0 Å². The molecule has 0 atom stereocenters. The normalized spacial score (nSPS) is 11.1. The van der Waals surface area contributed by atoms with Gasteiger partial charge in [-0.15, -0.1) is 0 Å². The Bertz CT molecular complexity index is 1020. The van der Waals surface area contributed by atoms with Crippen LogP contribution in [0, 0.1) is 6.92 Å². The van der Waals surface area contributed by atoms with Crippen LogP contribution in [-0.2, 0) is 16.2 Å². The van der Waals surface area contributed by atoms with E-state index in [1.807, 2.05) is 25.1 Å². The number of anilines is 1. The molecule has 3 N–H and O–H groups in total. The Morgan fingerprint density at radius 3 is 2.70 bits per heavy atom. The van der Waals surface area contributed by atoms with Crippen molar-refractivity contribution in [1.82, 2.24) is 4.98 Å². The highest BCUT2D eigenvalue weighted by molar-refractivity contribution is 6.33. The van der Waals surface area contributed by atoms with Crippen LogP contribution in [0.3, 0.4) is 0 Å². The molecule has 0 aliphatic heterocycles. The Morgan fingerprint density at radius 1 is 1.20 bits per heavy atom. The first-order valence-corrected chi connectivity index (χ1v) is 9.52. The van der Waals surface area contributed by atoms with Crippen molar-refractivity contribution in [3.8, 4) is 5.75 Å². The molecule has 0 unspecified atom stereocenters. The molecule has 0 spiro atoms. The zero-order valence-electron chi connectivity index (χ0n) is 16.3. The van der Waals surface area contributed by atoms with Gasteiger partial charge in [0, 0.05) is 23.5 Å². The summed E-state index contributed by atoms with van der Waals surface area (Å²) in [5, 5.41) is 6.90. The van der Waals surface area contributed by atoms with Crippen LogP contribution < -0.4 is 15.8 Å². The predicted molar refractivity (Wildman–Crippen MR) is 117 cm³/mol. The molecule has 8 heteroatoms. The smallest absolute Gasteiger partial charge is 0.265 e. The second-order valence-electron chi connectivity index (χ2n) is 6.46. The van der Waals surface area contributed by atoms with Crippen LogP contribution in [0.25, 0.3) is 0 Å². The van der Waals surface area contributed by atoms with E-state index in [4.69, 9.17) is 26.9 Å². The Hall–Kier alpha value is -3.58. The molecule has 0 bridgehead atoms. The maximum atomic E-state index is 12.0. The number of nitrogens with zero attached hydrogens (tertiary/aromatic N) is 2. The second-order valence-corrected chi connectivity index (χ2v) is 6.86. The number of aryl methyl sites for hydroxylation is 1. The van der Waals surface area contributed by atoms with E-state index in [9.17, 15) is 4.79 Å². The van der Waals surface area contributed by atoms with Crippen LogP contribution >= 0.6 is 11.6 Å². The number of carbonyl (C=O) groups excluding carboxylic acids is 1. The molecule has 0 saturated carbocycles. The fourth-order valence-corrected chi connectivity index (χ4v) is 2.78. The molecule has 0 aliphatic carbocycles. The van der Waals surface area contributed by atoms with Crippen LogP contribution in [0.15, 0.2) is 72.1 Å². The Balaban J connectivity index is 1.48. The summed E-state index contributed by atoms with van der Waals surface area (Å²) in [5.74, 6) is 0.442. The molecule has 1 aromatic heterocycles. The number of pyridine rings is 1. The lowest BCUT2D eigenvalue weighted by molar-refractivity contribution is -0.120. The van der Waals surface area contributed by atoms with Crippen molar-refractivity contribution in [2.45, 2.75) is 13.5 Å². The minimum atomic E-state index is -0.392. The van der Waals surface area contributed by atoms with Gasteiger partial charge < -0.3 is 20.6 Å². The average molecular weight is 425 g/mol. The second kappa shape index (κ2) is 10.3. The number of nitrogens with two attached hydrogens (primary N) is 1. The third kappa shape index (κ3) is 6.22. The number of carbonyl (C=O) groups is 1. The SMILES string of the molecule is Cc1ccc(NC(=O)CO/N=C(/N)c2ccc(OCc3cccnc3)cc2)c(Cl)c1. The number of rotatable bonds is 8. The van der Waals surface area contributed by atoms with Gasteiger partial charge in [0.15, 0.2) is 12.4 Å². The standard InChI is InChI=1S/C22H21ClN4O3/c1-15-4-9-20(19(23)11-15)26-21(28)14-30-27-22(24)17-5-7-18(8-6-17)29-13-16-3-2-10-25-12-16/h2-12H,13-14H2,1H3,(H2,24,27)(H,26,28). The first-order chi connectivity index (χ1) is 14.5. The van der Waals surface area contributed by atoms with Crippen molar-refractivity contribution in [2.24, 2.45) is 10.9 Å². The van der Waals surface area contributed by atoms with Gasteiger partial charge >= 0.3 is 0 Å². The summed E-state index contributed by atoms with van der Waals surface area (Å²) < 4.78 is 5.70. The highest BCUT2D eigenvalue weighted by atomic mass is 35.5. The molecule has 1 amide bonds. The summed E-state index contributed by atoms with van der Waals surface area (Å²) >= 11 is 6.09. The Kier molecular flexibility index (Phi) is 7.24. The number of halogens is 1. The van der Waals surface area contributed by atoms with Crippen LogP contribution in [0.1, 0.15) is 16.7 Å². The molecule has 154 valence electrons. The summed E-state index contributed by atoms with van der Waals surface area (Å²) in [6.07, 6.45) is 3.46.